The van der Waals surface area contributed by atoms with Crippen LogP contribution in [-0.4, -0.2) is 28.1 Å². The summed E-state index contributed by atoms with van der Waals surface area (Å²) in [5.41, 5.74) is -1.45. The summed E-state index contributed by atoms with van der Waals surface area (Å²) in [6.45, 7) is 1.95. The van der Waals surface area contributed by atoms with Gasteiger partial charge in [-0.1, -0.05) is 44.2 Å². The zero-order valence-corrected chi connectivity index (χ0v) is 16.6. The van der Waals surface area contributed by atoms with Crippen molar-refractivity contribution in [3.8, 4) is 0 Å². The van der Waals surface area contributed by atoms with E-state index < -0.39 is 48.3 Å². The molecule has 3 rings (SSSR count). The van der Waals surface area contributed by atoms with Crippen molar-refractivity contribution in [2.24, 2.45) is 11.8 Å². The highest BCUT2D eigenvalue weighted by Gasteiger charge is 2.52. The molecule has 0 bridgehead atoms. The van der Waals surface area contributed by atoms with Crippen LogP contribution in [0.3, 0.4) is 0 Å². The molecule has 0 unspecified atom stereocenters. The second kappa shape index (κ2) is 9.00. The molecule has 1 aromatic carbocycles. The Balaban J connectivity index is 1.86. The van der Waals surface area contributed by atoms with E-state index in [-0.39, 0.29) is 13.3 Å². The summed E-state index contributed by atoms with van der Waals surface area (Å²) in [6, 6.07) is 10.5. The second-order valence-corrected chi connectivity index (χ2v) is 7.40. The fourth-order valence-electron chi connectivity index (χ4n) is 3.87. The molecule has 2 aromatic rings. The van der Waals surface area contributed by atoms with E-state index in [9.17, 15) is 18.4 Å². The molecule has 0 spiro atoms. The first-order valence-corrected chi connectivity index (χ1v) is 9.70. The summed E-state index contributed by atoms with van der Waals surface area (Å²) >= 11 is 0. The molecular formula is C21H26F2N2O4. The number of rotatable bonds is 8. The summed E-state index contributed by atoms with van der Waals surface area (Å²) in [4.78, 5) is 25.1. The van der Waals surface area contributed by atoms with Gasteiger partial charge in [-0.05, 0) is 17.9 Å². The van der Waals surface area contributed by atoms with Crippen LogP contribution in [-0.2, 0) is 22.8 Å². The lowest BCUT2D eigenvalue weighted by molar-refractivity contribution is -0.102. The number of hydrogen-bond acceptors (Lipinski definition) is 4. The summed E-state index contributed by atoms with van der Waals surface area (Å²) in [5.74, 6) is -1.12. The lowest BCUT2D eigenvalue weighted by Crippen LogP contribution is -2.42. The molecule has 0 amide bonds. The van der Waals surface area contributed by atoms with Crippen LogP contribution >= 0.6 is 0 Å². The Morgan fingerprint density at radius 3 is 2.52 bits per heavy atom. The van der Waals surface area contributed by atoms with Gasteiger partial charge >= 0.3 is 5.69 Å². The van der Waals surface area contributed by atoms with Gasteiger partial charge in [-0.2, -0.15) is 0 Å². The van der Waals surface area contributed by atoms with E-state index in [2.05, 4.69) is 0 Å². The lowest BCUT2D eigenvalue weighted by Gasteiger charge is -2.29. The second-order valence-electron chi connectivity index (χ2n) is 7.40. The Labute approximate surface area is 167 Å². The van der Waals surface area contributed by atoms with Crippen LogP contribution < -0.4 is 11.2 Å². The molecule has 1 aromatic heterocycles. The molecule has 0 radical (unpaired) electrons. The number of hydrogen-bond donors (Lipinski definition) is 0. The number of ether oxygens (including phenoxy) is 2. The van der Waals surface area contributed by atoms with Gasteiger partial charge in [0, 0.05) is 18.2 Å². The molecule has 1 fully saturated rings. The van der Waals surface area contributed by atoms with Crippen LogP contribution in [0.25, 0.3) is 0 Å². The Bertz CT molecular complexity index is 924. The largest absolute Gasteiger partial charge is 0.356 e. The van der Waals surface area contributed by atoms with E-state index in [1.54, 1.807) is 13.8 Å². The number of alkyl halides is 2. The molecule has 1 saturated heterocycles. The number of aromatic nitrogens is 2. The quantitative estimate of drug-likeness (QED) is 0.674. The molecule has 1 aliphatic rings. The monoisotopic (exact) mass is 408 g/mol. The van der Waals surface area contributed by atoms with Crippen molar-refractivity contribution in [1.82, 2.24) is 9.13 Å². The fraction of sp³-hybridized carbons (Fsp3) is 0.524. The number of halogens is 2. The smallest absolute Gasteiger partial charge is 0.335 e. The predicted molar refractivity (Wildman–Crippen MR) is 104 cm³/mol. The Kier molecular flexibility index (Phi) is 6.64. The zero-order valence-electron chi connectivity index (χ0n) is 16.6. The Hall–Kier alpha value is -2.32. The van der Waals surface area contributed by atoms with Gasteiger partial charge in [-0.15, -0.1) is 0 Å². The summed E-state index contributed by atoms with van der Waals surface area (Å²) in [7, 11) is 0. The first-order chi connectivity index (χ1) is 14.0. The lowest BCUT2D eigenvalue weighted by atomic mass is 9.81. The standard InChI is InChI=1S/C21H26F2N2O4/c1-3-21(13-23)15(2)17(11-22)19(29-21)24-10-9-18(26)25(20(24)27)14-28-12-16-7-5-4-6-8-16/h4-10,15,17,19H,3,11-14H2,1-2H3/t15-,17-,19+,21-/m0/s1. The van der Waals surface area contributed by atoms with Crippen molar-refractivity contribution >= 4 is 0 Å². The van der Waals surface area contributed by atoms with Crippen molar-refractivity contribution in [2.45, 2.75) is 45.4 Å². The first-order valence-electron chi connectivity index (χ1n) is 9.70. The summed E-state index contributed by atoms with van der Waals surface area (Å²) in [5, 5.41) is 0. The van der Waals surface area contributed by atoms with Crippen LogP contribution in [0.1, 0.15) is 32.1 Å². The Morgan fingerprint density at radius 2 is 1.90 bits per heavy atom. The highest BCUT2D eigenvalue weighted by molar-refractivity contribution is 5.13. The van der Waals surface area contributed by atoms with Crippen molar-refractivity contribution in [3.63, 3.8) is 0 Å². The average Bonchev–Trinajstić information content (AvgIpc) is 3.03. The maximum absolute atomic E-state index is 13.8. The highest BCUT2D eigenvalue weighted by atomic mass is 19.1. The number of nitrogens with zero attached hydrogens (tertiary/aromatic N) is 2. The van der Waals surface area contributed by atoms with Gasteiger partial charge in [-0.25, -0.2) is 13.8 Å². The van der Waals surface area contributed by atoms with Gasteiger partial charge in [-0.3, -0.25) is 13.8 Å². The van der Waals surface area contributed by atoms with Crippen LogP contribution in [0.2, 0.25) is 0 Å². The van der Waals surface area contributed by atoms with Crippen LogP contribution in [0.4, 0.5) is 8.78 Å². The molecule has 1 aliphatic heterocycles. The molecule has 8 heteroatoms. The fourth-order valence-corrected chi connectivity index (χ4v) is 3.87. The molecule has 29 heavy (non-hydrogen) atoms. The minimum absolute atomic E-state index is 0.229. The van der Waals surface area contributed by atoms with Gasteiger partial charge in [0.15, 0.2) is 0 Å². The molecular weight excluding hydrogens is 382 g/mol. The topological polar surface area (TPSA) is 62.5 Å². The van der Waals surface area contributed by atoms with E-state index in [0.717, 1.165) is 10.1 Å². The van der Waals surface area contributed by atoms with E-state index in [1.807, 2.05) is 30.3 Å². The third kappa shape index (κ3) is 4.04. The SMILES string of the molecule is CC[C@@]1(CF)O[C@@H](n2ccc(=O)n(COCc3ccccc3)c2=O)[C@@H](CF)[C@@H]1C. The minimum atomic E-state index is -1.15. The van der Waals surface area contributed by atoms with Crippen LogP contribution in [0.5, 0.6) is 0 Å². The summed E-state index contributed by atoms with van der Waals surface area (Å²) in [6.07, 6.45) is 0.647. The third-order valence-electron chi connectivity index (χ3n) is 5.90. The van der Waals surface area contributed by atoms with Gasteiger partial charge in [0.2, 0.25) is 0 Å². The van der Waals surface area contributed by atoms with E-state index in [0.29, 0.717) is 6.42 Å². The molecule has 158 valence electrons. The van der Waals surface area contributed by atoms with Crippen LogP contribution in [0.15, 0.2) is 52.2 Å². The van der Waals surface area contributed by atoms with Crippen molar-refractivity contribution < 1.29 is 18.3 Å². The molecule has 0 aliphatic carbocycles. The van der Waals surface area contributed by atoms with Gasteiger partial charge < -0.3 is 9.47 Å². The maximum atomic E-state index is 13.8. The van der Waals surface area contributed by atoms with Gasteiger partial charge in [0.05, 0.1) is 13.3 Å². The zero-order chi connectivity index (χ0) is 21.0. The first kappa shape index (κ1) is 21.4. The van der Waals surface area contributed by atoms with E-state index in [1.165, 1.54) is 16.8 Å². The predicted octanol–water partition coefficient (Wildman–Crippen LogP) is 3.05. The van der Waals surface area contributed by atoms with Gasteiger partial charge in [0.25, 0.3) is 5.56 Å². The summed E-state index contributed by atoms with van der Waals surface area (Å²) < 4.78 is 41.1. The van der Waals surface area contributed by atoms with Crippen molar-refractivity contribution in [2.75, 3.05) is 13.3 Å². The average molecular weight is 408 g/mol. The third-order valence-corrected chi connectivity index (χ3v) is 5.90. The maximum Gasteiger partial charge on any atom is 0.335 e. The molecule has 2 heterocycles. The molecule has 4 atom stereocenters. The van der Waals surface area contributed by atoms with E-state index >= 15 is 0 Å². The number of benzene rings is 1. The Morgan fingerprint density at radius 1 is 1.17 bits per heavy atom. The van der Waals surface area contributed by atoms with Crippen molar-refractivity contribution in [3.05, 3.63) is 69.0 Å². The molecule has 6 nitrogen and oxygen atoms in total. The molecule has 0 N–H and O–H groups in total. The van der Waals surface area contributed by atoms with Gasteiger partial charge in [0.1, 0.15) is 25.2 Å². The minimum Gasteiger partial charge on any atom is -0.356 e. The van der Waals surface area contributed by atoms with Crippen LogP contribution in [0, 0.1) is 11.8 Å². The van der Waals surface area contributed by atoms with Crippen molar-refractivity contribution in [1.29, 1.82) is 0 Å². The molecule has 0 saturated carbocycles. The highest BCUT2D eigenvalue weighted by Crippen LogP contribution is 2.47. The van der Waals surface area contributed by atoms with E-state index in [4.69, 9.17) is 9.47 Å². The normalized spacial score (nSPS) is 26.7.